The number of benzene rings is 3. The summed E-state index contributed by atoms with van der Waals surface area (Å²) in [5.74, 6) is 3.61. The number of piperazine rings is 1. The molecule has 1 saturated heterocycles. The van der Waals surface area contributed by atoms with Crippen molar-refractivity contribution >= 4 is 29.2 Å². The summed E-state index contributed by atoms with van der Waals surface area (Å²) >= 11 is 0. The van der Waals surface area contributed by atoms with E-state index in [1.54, 1.807) is 52.8 Å². The summed E-state index contributed by atoms with van der Waals surface area (Å²) in [6.45, 7) is 7.47. The van der Waals surface area contributed by atoms with Gasteiger partial charge in [-0.1, -0.05) is 18.2 Å². The molecule has 0 atom stereocenters. The molecule has 0 spiro atoms. The molecule has 12 nitrogen and oxygen atoms in total. The highest BCUT2D eigenvalue weighted by atomic mass is 16.6. The average Bonchev–Trinajstić information content (AvgIpc) is 3.08. The Kier molecular flexibility index (Phi) is 10.5. The van der Waals surface area contributed by atoms with Crippen molar-refractivity contribution in [3.8, 4) is 28.7 Å². The van der Waals surface area contributed by atoms with E-state index in [0.29, 0.717) is 45.8 Å². The minimum Gasteiger partial charge on any atom is -0.497 e. The van der Waals surface area contributed by atoms with Crippen LogP contribution in [0.15, 0.2) is 60.8 Å². The molecule has 12 heteroatoms. The number of ether oxygens (including phenoxy) is 5. The van der Waals surface area contributed by atoms with E-state index in [-0.39, 0.29) is 12.5 Å². The van der Waals surface area contributed by atoms with Gasteiger partial charge >= 0.3 is 6.09 Å². The van der Waals surface area contributed by atoms with Gasteiger partial charge in [0.15, 0.2) is 0 Å². The monoisotopic (exact) mass is 642 g/mol. The standard InChI is InChI=1S/C35H42N6O6/c1-23-9-8-10-24(2)33(23)47-35(42)41(22-25-19-27(43-4)11-12-28(25)44-5)31-13-14-36-34(38-31)37-26-20-29(45-6)32(30(21-26)46-7)40-17-15-39(3)16-18-40/h8-14,19-21H,15-18,22H2,1-7H3,(H,36,37,38). The van der Waals surface area contributed by atoms with Crippen LogP contribution in [0.1, 0.15) is 16.7 Å². The number of carbonyl (C=O) groups is 1. The van der Waals surface area contributed by atoms with Crippen LogP contribution < -0.4 is 38.8 Å². The molecular formula is C35H42N6O6. The van der Waals surface area contributed by atoms with Crippen LogP contribution in [0, 0.1) is 13.8 Å². The average molecular weight is 643 g/mol. The van der Waals surface area contributed by atoms with Crippen molar-refractivity contribution in [3.63, 3.8) is 0 Å². The lowest BCUT2D eigenvalue weighted by atomic mass is 10.1. The van der Waals surface area contributed by atoms with Gasteiger partial charge < -0.3 is 38.8 Å². The number of nitrogens with zero attached hydrogens (tertiary/aromatic N) is 5. The summed E-state index contributed by atoms with van der Waals surface area (Å²) < 4.78 is 28.7. The molecule has 0 bridgehead atoms. The second-order valence-corrected chi connectivity index (χ2v) is 11.2. The number of aromatic nitrogens is 2. The molecule has 5 rings (SSSR count). The molecule has 0 unspecified atom stereocenters. The number of anilines is 4. The number of nitrogens with one attached hydrogen (secondary N) is 1. The van der Waals surface area contributed by atoms with Crippen LogP contribution in [-0.4, -0.2) is 82.6 Å². The van der Waals surface area contributed by atoms with Crippen molar-refractivity contribution in [1.29, 1.82) is 0 Å². The number of amides is 1. The maximum Gasteiger partial charge on any atom is 0.421 e. The first-order chi connectivity index (χ1) is 22.7. The zero-order valence-electron chi connectivity index (χ0n) is 28.0. The van der Waals surface area contributed by atoms with E-state index in [1.807, 2.05) is 50.2 Å². The molecule has 0 aliphatic carbocycles. The lowest BCUT2D eigenvalue weighted by Gasteiger charge is -2.35. The van der Waals surface area contributed by atoms with Gasteiger partial charge in [0.2, 0.25) is 5.95 Å². The molecular weight excluding hydrogens is 600 g/mol. The largest absolute Gasteiger partial charge is 0.497 e. The number of hydrogen-bond acceptors (Lipinski definition) is 11. The number of aryl methyl sites for hydroxylation is 2. The third kappa shape index (κ3) is 7.60. The fraction of sp³-hybridized carbons (Fsp3) is 0.343. The summed E-state index contributed by atoms with van der Waals surface area (Å²) in [6, 6.07) is 16.6. The predicted molar refractivity (Wildman–Crippen MR) is 182 cm³/mol. The third-order valence-corrected chi connectivity index (χ3v) is 8.11. The molecule has 2 heterocycles. The van der Waals surface area contributed by atoms with Gasteiger partial charge in [0.25, 0.3) is 0 Å². The fourth-order valence-electron chi connectivity index (χ4n) is 5.51. The Balaban J connectivity index is 1.49. The van der Waals surface area contributed by atoms with Gasteiger partial charge in [-0.2, -0.15) is 4.98 Å². The Morgan fingerprint density at radius 3 is 2.13 bits per heavy atom. The van der Waals surface area contributed by atoms with Gasteiger partial charge in [-0.15, -0.1) is 0 Å². The molecule has 1 N–H and O–H groups in total. The molecule has 47 heavy (non-hydrogen) atoms. The van der Waals surface area contributed by atoms with Gasteiger partial charge in [-0.05, 0) is 56.3 Å². The minimum absolute atomic E-state index is 0.0853. The molecule has 0 saturated carbocycles. The van der Waals surface area contributed by atoms with Crippen LogP contribution in [0.5, 0.6) is 28.7 Å². The first kappa shape index (κ1) is 33.1. The lowest BCUT2D eigenvalue weighted by molar-refractivity contribution is 0.206. The topological polar surface area (TPSA) is 111 Å². The maximum absolute atomic E-state index is 13.9. The minimum atomic E-state index is -0.614. The van der Waals surface area contributed by atoms with Crippen LogP contribution in [0.2, 0.25) is 0 Å². The normalized spacial score (nSPS) is 13.1. The zero-order valence-corrected chi connectivity index (χ0v) is 28.0. The van der Waals surface area contributed by atoms with E-state index < -0.39 is 6.09 Å². The Labute approximate surface area is 275 Å². The van der Waals surface area contributed by atoms with Crippen LogP contribution in [0.4, 0.5) is 27.9 Å². The molecule has 1 fully saturated rings. The molecule has 1 aliphatic heterocycles. The summed E-state index contributed by atoms with van der Waals surface area (Å²) in [4.78, 5) is 29.1. The molecule has 248 valence electrons. The number of rotatable bonds is 11. The van der Waals surface area contributed by atoms with E-state index in [4.69, 9.17) is 28.7 Å². The predicted octanol–water partition coefficient (Wildman–Crippen LogP) is 5.83. The van der Waals surface area contributed by atoms with Crippen molar-refractivity contribution in [2.24, 2.45) is 0 Å². The van der Waals surface area contributed by atoms with Gasteiger partial charge in [-0.25, -0.2) is 9.78 Å². The molecule has 4 aromatic rings. The summed E-state index contributed by atoms with van der Waals surface area (Å²) in [7, 11) is 8.56. The number of carbonyl (C=O) groups excluding carboxylic acids is 1. The van der Waals surface area contributed by atoms with E-state index in [1.165, 1.54) is 4.90 Å². The summed E-state index contributed by atoms with van der Waals surface area (Å²) in [5.41, 5.74) is 3.94. The third-order valence-electron chi connectivity index (χ3n) is 8.11. The SMILES string of the molecule is COc1ccc(OC)c(CN(C(=O)Oc2c(C)cccc2C)c2ccnc(Nc3cc(OC)c(N4CCN(C)CC4)c(OC)c3)n2)c1. The van der Waals surface area contributed by atoms with E-state index in [0.717, 1.165) is 43.0 Å². The van der Waals surface area contributed by atoms with Crippen molar-refractivity contribution in [3.05, 3.63) is 77.5 Å². The quantitative estimate of drug-likeness (QED) is 0.213. The summed E-state index contributed by atoms with van der Waals surface area (Å²) in [5, 5.41) is 3.26. The van der Waals surface area contributed by atoms with Crippen molar-refractivity contribution in [2.75, 3.05) is 76.8 Å². The van der Waals surface area contributed by atoms with E-state index in [9.17, 15) is 4.79 Å². The number of likely N-dealkylation sites (N-methyl/N-ethyl adjacent to an activating group) is 1. The van der Waals surface area contributed by atoms with Crippen molar-refractivity contribution < 1.29 is 28.5 Å². The lowest BCUT2D eigenvalue weighted by Crippen LogP contribution is -2.44. The van der Waals surface area contributed by atoms with Gasteiger partial charge in [0, 0.05) is 55.8 Å². The van der Waals surface area contributed by atoms with Crippen molar-refractivity contribution in [2.45, 2.75) is 20.4 Å². The highest BCUT2D eigenvalue weighted by molar-refractivity contribution is 5.88. The van der Waals surface area contributed by atoms with Gasteiger partial charge in [-0.3, -0.25) is 4.90 Å². The first-order valence-electron chi connectivity index (χ1n) is 15.3. The van der Waals surface area contributed by atoms with Gasteiger partial charge in [0.1, 0.15) is 40.3 Å². The maximum atomic E-state index is 13.9. The fourth-order valence-corrected chi connectivity index (χ4v) is 5.51. The number of methoxy groups -OCH3 is 4. The van der Waals surface area contributed by atoms with E-state index >= 15 is 0 Å². The highest BCUT2D eigenvalue weighted by Gasteiger charge is 2.25. The van der Waals surface area contributed by atoms with Crippen LogP contribution in [0.3, 0.4) is 0 Å². The number of hydrogen-bond donors (Lipinski definition) is 1. The number of para-hydroxylation sites is 1. The molecule has 1 aromatic heterocycles. The van der Waals surface area contributed by atoms with Crippen molar-refractivity contribution in [1.82, 2.24) is 14.9 Å². The molecule has 1 aliphatic rings. The van der Waals surface area contributed by atoms with E-state index in [2.05, 4.69) is 27.1 Å². The smallest absolute Gasteiger partial charge is 0.421 e. The molecule has 0 radical (unpaired) electrons. The second-order valence-electron chi connectivity index (χ2n) is 11.2. The van der Waals surface area contributed by atoms with Crippen LogP contribution in [0.25, 0.3) is 0 Å². The Hall–Kier alpha value is -5.23. The first-order valence-corrected chi connectivity index (χ1v) is 15.3. The van der Waals surface area contributed by atoms with Gasteiger partial charge in [0.05, 0.1) is 35.0 Å². The summed E-state index contributed by atoms with van der Waals surface area (Å²) in [6.07, 6.45) is 0.969. The Morgan fingerprint density at radius 1 is 0.851 bits per heavy atom. The van der Waals surface area contributed by atoms with Crippen LogP contribution in [-0.2, 0) is 6.54 Å². The Morgan fingerprint density at radius 2 is 1.51 bits per heavy atom. The molecule has 1 amide bonds. The second kappa shape index (κ2) is 14.9. The highest BCUT2D eigenvalue weighted by Crippen LogP contribution is 2.42. The molecule has 3 aromatic carbocycles. The van der Waals surface area contributed by atoms with Crippen LogP contribution >= 0.6 is 0 Å². The zero-order chi connectivity index (χ0) is 33.5. The Bertz CT molecular complexity index is 1660.